The van der Waals surface area contributed by atoms with Gasteiger partial charge in [0.15, 0.2) is 0 Å². The third kappa shape index (κ3) is 3.32. The van der Waals surface area contributed by atoms with Crippen molar-refractivity contribution >= 4 is 0 Å². The lowest BCUT2D eigenvalue weighted by Crippen LogP contribution is -2.54. The maximum atomic E-state index is 13.2. The van der Waals surface area contributed by atoms with E-state index in [1.807, 2.05) is 13.0 Å². The first-order valence-corrected chi connectivity index (χ1v) is 6.85. The Morgan fingerprint density at radius 2 is 1.89 bits per heavy atom. The van der Waals surface area contributed by atoms with Gasteiger partial charge >= 0.3 is 0 Å². The van der Waals surface area contributed by atoms with Crippen molar-refractivity contribution in [3.63, 3.8) is 0 Å². The van der Waals surface area contributed by atoms with Crippen molar-refractivity contribution in [1.82, 2.24) is 10.3 Å². The van der Waals surface area contributed by atoms with E-state index in [0.717, 1.165) is 24.2 Å². The molecule has 0 heterocycles. The predicted octanol–water partition coefficient (Wildman–Crippen LogP) is 2.76. The molecule has 0 saturated heterocycles. The molecule has 0 aliphatic rings. The largest absolute Gasteiger partial charge is 0.297 e. The smallest absolute Gasteiger partial charge is 0.123 e. The second-order valence-electron chi connectivity index (χ2n) is 5.43. The number of nitrogens with two attached hydrogens (primary N) is 1. The Morgan fingerprint density at radius 1 is 1.32 bits per heavy atom. The number of halogens is 1. The Bertz CT molecular complexity index is 414. The first-order valence-electron chi connectivity index (χ1n) is 6.85. The molecule has 1 atom stereocenters. The normalized spacial score (nSPS) is 13.9. The van der Waals surface area contributed by atoms with E-state index in [4.69, 9.17) is 5.84 Å². The summed E-state index contributed by atoms with van der Waals surface area (Å²) in [6.45, 7) is 12.4. The Labute approximate surface area is 116 Å². The van der Waals surface area contributed by atoms with Crippen LogP contribution in [0.4, 0.5) is 4.39 Å². The molecule has 0 amide bonds. The monoisotopic (exact) mass is 267 g/mol. The molecule has 0 aliphatic carbocycles. The lowest BCUT2D eigenvalue weighted by atomic mass is 9.85. The van der Waals surface area contributed by atoms with Gasteiger partial charge in [-0.3, -0.25) is 16.2 Å². The zero-order valence-corrected chi connectivity index (χ0v) is 12.6. The first-order chi connectivity index (χ1) is 8.88. The average Bonchev–Trinajstić information content (AvgIpc) is 2.33. The third-order valence-corrected chi connectivity index (χ3v) is 3.99. The van der Waals surface area contributed by atoms with Crippen LogP contribution in [0.1, 0.15) is 44.9 Å². The molecule has 0 bridgehead atoms. The summed E-state index contributed by atoms with van der Waals surface area (Å²) in [6.07, 6.45) is 0. The highest BCUT2D eigenvalue weighted by Gasteiger charge is 2.35. The average molecular weight is 267 g/mol. The molecular formula is C15H26FN3. The number of hydrazine groups is 1. The van der Waals surface area contributed by atoms with Gasteiger partial charge in [0.05, 0.1) is 6.04 Å². The number of hydrogen-bond acceptors (Lipinski definition) is 3. The Balaban J connectivity index is 3.18. The molecule has 19 heavy (non-hydrogen) atoms. The molecule has 3 nitrogen and oxygen atoms in total. The summed E-state index contributed by atoms with van der Waals surface area (Å²) >= 11 is 0. The van der Waals surface area contributed by atoms with Gasteiger partial charge in [-0.25, -0.2) is 4.39 Å². The molecular weight excluding hydrogens is 241 g/mol. The SMILES string of the molecule is CCN(CC)C(C)(C)C(NN)c1ccc(F)cc1C. The van der Waals surface area contributed by atoms with Crippen LogP contribution in [0.3, 0.4) is 0 Å². The fourth-order valence-corrected chi connectivity index (χ4v) is 2.86. The van der Waals surface area contributed by atoms with Crippen LogP contribution >= 0.6 is 0 Å². The van der Waals surface area contributed by atoms with Crippen molar-refractivity contribution in [3.05, 3.63) is 35.1 Å². The Hall–Kier alpha value is -0.970. The minimum absolute atomic E-state index is 0.0481. The number of rotatable bonds is 6. The third-order valence-electron chi connectivity index (χ3n) is 3.99. The highest BCUT2D eigenvalue weighted by Crippen LogP contribution is 2.32. The van der Waals surface area contributed by atoms with Gasteiger partial charge < -0.3 is 0 Å². The molecule has 0 spiro atoms. The van der Waals surface area contributed by atoms with E-state index in [2.05, 4.69) is 38.0 Å². The fraction of sp³-hybridized carbons (Fsp3) is 0.600. The summed E-state index contributed by atoms with van der Waals surface area (Å²) in [5.41, 5.74) is 4.71. The molecule has 108 valence electrons. The second-order valence-corrected chi connectivity index (χ2v) is 5.43. The molecule has 1 unspecified atom stereocenters. The molecule has 1 rings (SSSR count). The number of likely N-dealkylation sites (N-methyl/N-ethyl adjacent to an activating group) is 1. The van der Waals surface area contributed by atoms with Crippen molar-refractivity contribution in [2.75, 3.05) is 13.1 Å². The van der Waals surface area contributed by atoms with Crippen LogP contribution < -0.4 is 11.3 Å². The predicted molar refractivity (Wildman–Crippen MR) is 78.2 cm³/mol. The maximum absolute atomic E-state index is 13.2. The fourth-order valence-electron chi connectivity index (χ4n) is 2.86. The van der Waals surface area contributed by atoms with Crippen LogP contribution in [0.25, 0.3) is 0 Å². The van der Waals surface area contributed by atoms with E-state index in [-0.39, 0.29) is 17.4 Å². The molecule has 4 heteroatoms. The van der Waals surface area contributed by atoms with Gasteiger partial charge in [0.1, 0.15) is 5.82 Å². The highest BCUT2D eigenvalue weighted by molar-refractivity contribution is 5.31. The summed E-state index contributed by atoms with van der Waals surface area (Å²) in [6, 6.07) is 4.82. The molecule has 0 aliphatic heterocycles. The number of nitrogens with zero attached hydrogens (tertiary/aromatic N) is 1. The van der Waals surface area contributed by atoms with Gasteiger partial charge in [0.25, 0.3) is 0 Å². The molecule has 3 N–H and O–H groups in total. The number of nitrogens with one attached hydrogen (secondary N) is 1. The van der Waals surface area contributed by atoms with E-state index in [1.165, 1.54) is 6.07 Å². The summed E-state index contributed by atoms with van der Waals surface area (Å²) in [4.78, 5) is 2.35. The van der Waals surface area contributed by atoms with Crippen LogP contribution in [0, 0.1) is 12.7 Å². The Morgan fingerprint density at radius 3 is 2.32 bits per heavy atom. The number of benzene rings is 1. The highest BCUT2D eigenvalue weighted by atomic mass is 19.1. The lowest BCUT2D eigenvalue weighted by Gasteiger charge is -2.43. The van der Waals surface area contributed by atoms with E-state index in [0.29, 0.717) is 0 Å². The molecule has 0 fully saturated rings. The molecule has 0 saturated carbocycles. The van der Waals surface area contributed by atoms with Crippen LogP contribution in [0.5, 0.6) is 0 Å². The van der Waals surface area contributed by atoms with E-state index in [1.54, 1.807) is 6.07 Å². The zero-order valence-electron chi connectivity index (χ0n) is 12.6. The summed E-state index contributed by atoms with van der Waals surface area (Å²) in [5, 5.41) is 0. The van der Waals surface area contributed by atoms with Crippen molar-refractivity contribution < 1.29 is 4.39 Å². The summed E-state index contributed by atoms with van der Waals surface area (Å²) < 4.78 is 13.2. The molecule has 0 radical (unpaired) electrons. The lowest BCUT2D eigenvalue weighted by molar-refractivity contribution is 0.0910. The maximum Gasteiger partial charge on any atom is 0.123 e. The number of aryl methyl sites for hydroxylation is 1. The van der Waals surface area contributed by atoms with Gasteiger partial charge in [-0.15, -0.1) is 0 Å². The summed E-state index contributed by atoms with van der Waals surface area (Å²) in [5.74, 6) is 5.56. The Kier molecular flexibility index (Phi) is 5.47. The van der Waals surface area contributed by atoms with Crippen LogP contribution in [0.2, 0.25) is 0 Å². The standard InChI is InChI=1S/C15H26FN3/c1-6-19(7-2)15(4,5)14(18-17)13-9-8-12(16)10-11(13)3/h8-10,14,18H,6-7,17H2,1-5H3. The molecule has 1 aromatic rings. The van der Waals surface area contributed by atoms with Gasteiger partial charge in [-0.1, -0.05) is 19.9 Å². The van der Waals surface area contributed by atoms with Crippen LogP contribution in [-0.4, -0.2) is 23.5 Å². The van der Waals surface area contributed by atoms with Crippen molar-refractivity contribution in [2.24, 2.45) is 5.84 Å². The van der Waals surface area contributed by atoms with Crippen molar-refractivity contribution in [3.8, 4) is 0 Å². The van der Waals surface area contributed by atoms with Gasteiger partial charge in [0.2, 0.25) is 0 Å². The van der Waals surface area contributed by atoms with Gasteiger partial charge in [-0.05, 0) is 57.1 Å². The molecule has 0 aromatic heterocycles. The van der Waals surface area contributed by atoms with Gasteiger partial charge in [-0.2, -0.15) is 0 Å². The van der Waals surface area contributed by atoms with Crippen molar-refractivity contribution in [2.45, 2.75) is 46.2 Å². The topological polar surface area (TPSA) is 41.3 Å². The number of hydrogen-bond donors (Lipinski definition) is 2. The minimum Gasteiger partial charge on any atom is -0.297 e. The minimum atomic E-state index is -0.210. The summed E-state index contributed by atoms with van der Waals surface area (Å²) in [7, 11) is 0. The van der Waals surface area contributed by atoms with Crippen molar-refractivity contribution in [1.29, 1.82) is 0 Å². The van der Waals surface area contributed by atoms with Crippen LogP contribution in [-0.2, 0) is 0 Å². The molecule has 1 aromatic carbocycles. The zero-order chi connectivity index (χ0) is 14.6. The quantitative estimate of drug-likeness (QED) is 0.615. The van der Waals surface area contributed by atoms with Crippen LogP contribution in [0.15, 0.2) is 18.2 Å². The van der Waals surface area contributed by atoms with Gasteiger partial charge in [0, 0.05) is 5.54 Å². The first kappa shape index (κ1) is 16.1. The second kappa shape index (κ2) is 6.46. The van der Waals surface area contributed by atoms with E-state index < -0.39 is 0 Å². The van der Waals surface area contributed by atoms with E-state index in [9.17, 15) is 4.39 Å². The van der Waals surface area contributed by atoms with E-state index >= 15 is 0 Å².